The highest BCUT2D eigenvalue weighted by atomic mass is 32.2. The summed E-state index contributed by atoms with van der Waals surface area (Å²) in [5.41, 5.74) is 5.79. The van der Waals surface area contributed by atoms with Gasteiger partial charge in [-0.05, 0) is 61.9 Å². The Labute approximate surface area is 196 Å². The summed E-state index contributed by atoms with van der Waals surface area (Å²) in [4.78, 5) is 17.4. The summed E-state index contributed by atoms with van der Waals surface area (Å²) in [6.07, 6.45) is 1.99. The largest absolute Gasteiger partial charge is 0.454 e. The van der Waals surface area contributed by atoms with E-state index in [2.05, 4.69) is 36.5 Å². The number of aromatic nitrogens is 2. The maximum Gasteiger partial charge on any atom is 0.234 e. The number of rotatable bonds is 6. The number of anilines is 1. The summed E-state index contributed by atoms with van der Waals surface area (Å²) < 4.78 is 13.0. The molecule has 0 atom stereocenters. The van der Waals surface area contributed by atoms with Gasteiger partial charge in [-0.2, -0.15) is 0 Å². The van der Waals surface area contributed by atoms with Crippen LogP contribution >= 0.6 is 11.8 Å². The fourth-order valence-electron chi connectivity index (χ4n) is 3.60. The standard InChI is InChI=1S/C26H23N3O3S/c1-17-6-9-21(10-7-17)29-14-22(19-8-11-23-24(13-19)32-16-31-23)28-26(29)33-15-25(30)27-20-5-3-4-18(2)12-20/h3-14H,15-16H2,1-2H3,(H,27,30). The number of carbonyl (C=O) groups excluding carboxylic acids is 1. The normalized spacial score (nSPS) is 12.1. The van der Waals surface area contributed by atoms with E-state index < -0.39 is 0 Å². The zero-order valence-corrected chi connectivity index (χ0v) is 19.2. The summed E-state index contributed by atoms with van der Waals surface area (Å²) in [6.45, 7) is 4.29. The molecule has 4 aromatic rings. The van der Waals surface area contributed by atoms with Gasteiger partial charge in [-0.3, -0.25) is 9.36 Å². The lowest BCUT2D eigenvalue weighted by Gasteiger charge is -2.08. The molecule has 0 fully saturated rings. The van der Waals surface area contributed by atoms with E-state index >= 15 is 0 Å². The first-order valence-electron chi connectivity index (χ1n) is 10.6. The summed E-state index contributed by atoms with van der Waals surface area (Å²) >= 11 is 1.40. The fraction of sp³-hybridized carbons (Fsp3) is 0.154. The third kappa shape index (κ3) is 4.73. The molecule has 0 aliphatic carbocycles. The highest BCUT2D eigenvalue weighted by molar-refractivity contribution is 7.99. The molecule has 3 aromatic carbocycles. The van der Waals surface area contributed by atoms with Gasteiger partial charge in [-0.15, -0.1) is 0 Å². The summed E-state index contributed by atoms with van der Waals surface area (Å²) in [5, 5.41) is 3.70. The van der Waals surface area contributed by atoms with Gasteiger partial charge in [0, 0.05) is 23.1 Å². The zero-order valence-electron chi connectivity index (χ0n) is 18.4. The van der Waals surface area contributed by atoms with Crippen LogP contribution in [0.1, 0.15) is 11.1 Å². The van der Waals surface area contributed by atoms with E-state index in [1.807, 2.05) is 60.2 Å². The second kappa shape index (κ2) is 9.03. The lowest BCUT2D eigenvalue weighted by Crippen LogP contribution is -2.14. The minimum atomic E-state index is -0.0753. The third-order valence-corrected chi connectivity index (χ3v) is 6.24. The number of nitrogens with one attached hydrogen (secondary N) is 1. The lowest BCUT2D eigenvalue weighted by molar-refractivity contribution is -0.113. The van der Waals surface area contributed by atoms with Crippen LogP contribution in [0.25, 0.3) is 16.9 Å². The van der Waals surface area contributed by atoms with E-state index in [0.29, 0.717) is 5.75 Å². The molecule has 1 aliphatic rings. The second-order valence-corrected chi connectivity index (χ2v) is 8.83. The Kier molecular flexibility index (Phi) is 5.79. The minimum absolute atomic E-state index is 0.0753. The molecular formula is C26H23N3O3S. The van der Waals surface area contributed by atoms with Crippen molar-refractivity contribution in [1.29, 1.82) is 0 Å². The molecule has 1 aromatic heterocycles. The van der Waals surface area contributed by atoms with Gasteiger partial charge >= 0.3 is 0 Å². The second-order valence-electron chi connectivity index (χ2n) is 7.89. The maximum absolute atomic E-state index is 12.6. The molecule has 166 valence electrons. The number of nitrogens with zero attached hydrogens (tertiary/aromatic N) is 2. The molecule has 6 nitrogen and oxygen atoms in total. The van der Waals surface area contributed by atoms with Crippen LogP contribution in [0.3, 0.4) is 0 Å². The average Bonchev–Trinajstić information content (AvgIpc) is 3.45. The van der Waals surface area contributed by atoms with Gasteiger partial charge in [0.05, 0.1) is 11.4 Å². The number of fused-ring (bicyclic) bond motifs is 1. The van der Waals surface area contributed by atoms with Crippen molar-refractivity contribution in [3.63, 3.8) is 0 Å². The topological polar surface area (TPSA) is 65.4 Å². The number of carbonyl (C=O) groups is 1. The molecule has 0 radical (unpaired) electrons. The molecule has 2 heterocycles. The van der Waals surface area contributed by atoms with Gasteiger partial charge in [0.25, 0.3) is 0 Å². The van der Waals surface area contributed by atoms with Crippen molar-refractivity contribution in [2.75, 3.05) is 17.9 Å². The van der Waals surface area contributed by atoms with Crippen molar-refractivity contribution in [3.8, 4) is 28.4 Å². The van der Waals surface area contributed by atoms with Crippen molar-refractivity contribution in [3.05, 3.63) is 84.1 Å². The molecule has 0 bridgehead atoms. The molecule has 5 rings (SSSR count). The van der Waals surface area contributed by atoms with Crippen LogP contribution in [0.2, 0.25) is 0 Å². The van der Waals surface area contributed by atoms with Gasteiger partial charge in [-0.25, -0.2) is 4.98 Å². The van der Waals surface area contributed by atoms with E-state index in [1.165, 1.54) is 17.3 Å². The Morgan fingerprint density at radius 1 is 1.00 bits per heavy atom. The molecule has 0 spiro atoms. The first-order valence-corrected chi connectivity index (χ1v) is 11.6. The monoisotopic (exact) mass is 457 g/mol. The molecule has 1 aliphatic heterocycles. The minimum Gasteiger partial charge on any atom is -0.454 e. The summed E-state index contributed by atoms with van der Waals surface area (Å²) in [6, 6.07) is 21.8. The average molecular weight is 458 g/mol. The van der Waals surface area contributed by atoms with E-state index in [1.54, 1.807) is 0 Å². The van der Waals surface area contributed by atoms with Gasteiger partial charge in [0.1, 0.15) is 0 Å². The van der Waals surface area contributed by atoms with Crippen molar-refractivity contribution in [2.24, 2.45) is 0 Å². The molecule has 0 unspecified atom stereocenters. The molecule has 0 saturated carbocycles. The first kappa shape index (κ1) is 21.2. The third-order valence-electron chi connectivity index (χ3n) is 5.29. The number of hydrogen-bond donors (Lipinski definition) is 1. The number of benzene rings is 3. The van der Waals surface area contributed by atoms with Crippen LogP contribution < -0.4 is 14.8 Å². The predicted molar refractivity (Wildman–Crippen MR) is 130 cm³/mol. The molecule has 1 amide bonds. The van der Waals surface area contributed by atoms with Gasteiger partial charge in [0.2, 0.25) is 12.7 Å². The van der Waals surface area contributed by atoms with Crippen LogP contribution in [-0.4, -0.2) is 28.0 Å². The predicted octanol–water partition coefficient (Wildman–Crippen LogP) is 5.62. The van der Waals surface area contributed by atoms with E-state index in [9.17, 15) is 4.79 Å². The van der Waals surface area contributed by atoms with Crippen molar-refractivity contribution in [1.82, 2.24) is 9.55 Å². The number of aryl methyl sites for hydroxylation is 2. The van der Waals surface area contributed by atoms with Crippen molar-refractivity contribution in [2.45, 2.75) is 19.0 Å². The highest BCUT2D eigenvalue weighted by Gasteiger charge is 2.18. The van der Waals surface area contributed by atoms with Gasteiger partial charge in [0.15, 0.2) is 16.7 Å². The summed E-state index contributed by atoms with van der Waals surface area (Å²) in [5.74, 6) is 1.62. The first-order chi connectivity index (χ1) is 16.0. The number of imidazole rings is 1. The maximum atomic E-state index is 12.6. The van der Waals surface area contributed by atoms with Crippen molar-refractivity contribution < 1.29 is 14.3 Å². The molecule has 1 N–H and O–H groups in total. The lowest BCUT2D eigenvalue weighted by atomic mass is 10.1. The van der Waals surface area contributed by atoms with Gasteiger partial charge in [-0.1, -0.05) is 41.6 Å². The molecule has 33 heavy (non-hydrogen) atoms. The smallest absolute Gasteiger partial charge is 0.234 e. The van der Waals surface area contributed by atoms with Crippen LogP contribution in [0.4, 0.5) is 5.69 Å². The Morgan fingerprint density at radius 2 is 1.82 bits per heavy atom. The van der Waals surface area contributed by atoms with Gasteiger partial charge < -0.3 is 14.8 Å². The molecule has 0 saturated heterocycles. The summed E-state index contributed by atoms with van der Waals surface area (Å²) in [7, 11) is 0. The van der Waals surface area contributed by atoms with Crippen LogP contribution in [0, 0.1) is 13.8 Å². The Morgan fingerprint density at radius 3 is 2.64 bits per heavy atom. The van der Waals surface area contributed by atoms with Crippen LogP contribution in [0.5, 0.6) is 11.5 Å². The SMILES string of the molecule is Cc1ccc(-n2cc(-c3ccc4c(c3)OCO4)nc2SCC(=O)Nc2cccc(C)c2)cc1. The Balaban J connectivity index is 1.41. The van der Waals surface area contributed by atoms with E-state index in [-0.39, 0.29) is 18.5 Å². The quantitative estimate of drug-likeness (QED) is 0.381. The number of ether oxygens (including phenoxy) is 2. The Bertz CT molecular complexity index is 1310. The fourth-order valence-corrected chi connectivity index (χ4v) is 4.39. The highest BCUT2D eigenvalue weighted by Crippen LogP contribution is 2.36. The number of hydrogen-bond acceptors (Lipinski definition) is 5. The molecular weight excluding hydrogens is 434 g/mol. The van der Waals surface area contributed by atoms with Crippen LogP contribution in [0.15, 0.2) is 78.1 Å². The van der Waals surface area contributed by atoms with Crippen molar-refractivity contribution >= 4 is 23.4 Å². The Hall–Kier alpha value is -3.71. The molecule has 7 heteroatoms. The number of thioether (sulfide) groups is 1. The van der Waals surface area contributed by atoms with E-state index in [0.717, 1.165) is 39.1 Å². The van der Waals surface area contributed by atoms with Crippen LogP contribution in [-0.2, 0) is 4.79 Å². The van der Waals surface area contributed by atoms with E-state index in [4.69, 9.17) is 14.5 Å². The number of amides is 1. The zero-order chi connectivity index (χ0) is 22.8.